The Hall–Kier alpha value is -2.50. The normalized spacial score (nSPS) is 12.6. The molecule has 0 aliphatic rings. The highest BCUT2D eigenvalue weighted by atomic mass is 19.4. The molecule has 2 aromatic rings. The van der Waals surface area contributed by atoms with E-state index in [1.165, 1.54) is 25.1 Å². The van der Waals surface area contributed by atoms with Crippen molar-refractivity contribution in [3.05, 3.63) is 59.2 Å². The molecule has 0 fully saturated rings. The Kier molecular flexibility index (Phi) is 5.17. The third kappa shape index (κ3) is 4.07. The van der Waals surface area contributed by atoms with Gasteiger partial charge in [-0.1, -0.05) is 24.3 Å². The second-order valence-corrected chi connectivity index (χ2v) is 5.49. The van der Waals surface area contributed by atoms with Crippen molar-refractivity contribution in [2.45, 2.75) is 33.1 Å². The maximum Gasteiger partial charge on any atom is 0.418 e. The highest BCUT2D eigenvalue weighted by molar-refractivity contribution is 5.94. The Labute approximate surface area is 138 Å². The molecule has 0 bridgehead atoms. The number of aryl methyl sites for hydroxylation is 1. The van der Waals surface area contributed by atoms with Crippen LogP contribution in [0, 0.1) is 13.8 Å². The topological polar surface area (TPSA) is 38.3 Å². The maximum absolute atomic E-state index is 13.0. The predicted molar refractivity (Wildman–Crippen MR) is 86.1 cm³/mol. The second-order valence-electron chi connectivity index (χ2n) is 5.49. The van der Waals surface area contributed by atoms with E-state index in [0.717, 1.165) is 17.2 Å². The summed E-state index contributed by atoms with van der Waals surface area (Å²) in [4.78, 5) is 12.2. The van der Waals surface area contributed by atoms with E-state index in [-0.39, 0.29) is 5.69 Å². The Morgan fingerprint density at radius 1 is 1.08 bits per heavy atom. The molecule has 3 nitrogen and oxygen atoms in total. The lowest BCUT2D eigenvalue weighted by Gasteiger charge is -2.19. The van der Waals surface area contributed by atoms with Crippen LogP contribution in [-0.4, -0.2) is 12.0 Å². The number of carbonyl (C=O) groups is 1. The lowest BCUT2D eigenvalue weighted by Crippen LogP contribution is -2.31. The van der Waals surface area contributed by atoms with Gasteiger partial charge in [0.1, 0.15) is 5.75 Å². The van der Waals surface area contributed by atoms with Gasteiger partial charge in [0, 0.05) is 0 Å². The molecule has 0 aromatic heterocycles. The lowest BCUT2D eigenvalue weighted by molar-refractivity contribution is -0.137. The van der Waals surface area contributed by atoms with Crippen LogP contribution in [0.25, 0.3) is 0 Å². The summed E-state index contributed by atoms with van der Waals surface area (Å²) in [7, 11) is 0. The first-order valence-electron chi connectivity index (χ1n) is 7.40. The van der Waals surface area contributed by atoms with Gasteiger partial charge in [-0.2, -0.15) is 13.2 Å². The molecule has 1 amide bonds. The minimum absolute atomic E-state index is 0.286. The average Bonchev–Trinajstić information content (AvgIpc) is 2.51. The first-order valence-corrected chi connectivity index (χ1v) is 7.40. The zero-order valence-electron chi connectivity index (χ0n) is 13.6. The molecule has 0 aliphatic carbocycles. The highest BCUT2D eigenvalue weighted by Crippen LogP contribution is 2.34. The van der Waals surface area contributed by atoms with Crippen molar-refractivity contribution in [3.63, 3.8) is 0 Å². The fourth-order valence-electron chi connectivity index (χ4n) is 2.17. The van der Waals surface area contributed by atoms with Crippen LogP contribution in [0.3, 0.4) is 0 Å². The standard InChI is InChI=1S/C18H18F3NO2/c1-11-7-6-10-16(12(11)2)24-13(3)17(23)22-15-9-5-4-8-14(15)18(19,20)21/h4-10,13H,1-3H3,(H,22,23). The molecule has 0 saturated heterocycles. The van der Waals surface area contributed by atoms with E-state index in [1.54, 1.807) is 12.1 Å². The van der Waals surface area contributed by atoms with Crippen molar-refractivity contribution in [2.75, 3.05) is 5.32 Å². The zero-order valence-corrected chi connectivity index (χ0v) is 13.6. The van der Waals surface area contributed by atoms with E-state index in [1.807, 2.05) is 19.9 Å². The number of hydrogen-bond acceptors (Lipinski definition) is 2. The number of rotatable bonds is 4. The molecule has 2 aromatic carbocycles. The number of anilines is 1. The molecule has 0 saturated carbocycles. The largest absolute Gasteiger partial charge is 0.481 e. The smallest absolute Gasteiger partial charge is 0.418 e. The molecule has 0 radical (unpaired) electrons. The van der Waals surface area contributed by atoms with E-state index < -0.39 is 23.8 Å². The average molecular weight is 337 g/mol. The maximum atomic E-state index is 13.0. The summed E-state index contributed by atoms with van der Waals surface area (Å²) in [6.45, 7) is 5.26. The first kappa shape index (κ1) is 17.8. The summed E-state index contributed by atoms with van der Waals surface area (Å²) >= 11 is 0. The Bertz CT molecular complexity index is 741. The van der Waals surface area contributed by atoms with E-state index in [0.29, 0.717) is 5.75 Å². The van der Waals surface area contributed by atoms with E-state index in [4.69, 9.17) is 4.74 Å². The van der Waals surface area contributed by atoms with Crippen LogP contribution >= 0.6 is 0 Å². The summed E-state index contributed by atoms with van der Waals surface area (Å²) < 4.78 is 44.5. The molecule has 1 unspecified atom stereocenters. The first-order chi connectivity index (χ1) is 11.2. The van der Waals surface area contributed by atoms with Gasteiger partial charge < -0.3 is 10.1 Å². The van der Waals surface area contributed by atoms with Crippen LogP contribution < -0.4 is 10.1 Å². The summed E-state index contributed by atoms with van der Waals surface area (Å²) in [6, 6.07) is 10.3. The highest BCUT2D eigenvalue weighted by Gasteiger charge is 2.34. The van der Waals surface area contributed by atoms with Crippen LogP contribution in [0.1, 0.15) is 23.6 Å². The van der Waals surface area contributed by atoms with Gasteiger partial charge in [0.05, 0.1) is 11.3 Å². The Balaban J connectivity index is 2.14. The van der Waals surface area contributed by atoms with Crippen molar-refractivity contribution in [2.24, 2.45) is 0 Å². The minimum Gasteiger partial charge on any atom is -0.481 e. The number of amides is 1. The number of hydrogen-bond donors (Lipinski definition) is 1. The van der Waals surface area contributed by atoms with Crippen molar-refractivity contribution in [3.8, 4) is 5.75 Å². The molecule has 0 heterocycles. The molecule has 6 heteroatoms. The molecule has 1 N–H and O–H groups in total. The third-order valence-electron chi connectivity index (χ3n) is 3.72. The molecular weight excluding hydrogens is 319 g/mol. The monoisotopic (exact) mass is 337 g/mol. The van der Waals surface area contributed by atoms with Gasteiger partial charge >= 0.3 is 6.18 Å². The zero-order chi connectivity index (χ0) is 17.9. The molecule has 128 valence electrons. The molecule has 24 heavy (non-hydrogen) atoms. The van der Waals surface area contributed by atoms with Gasteiger partial charge in [-0.15, -0.1) is 0 Å². The summed E-state index contributed by atoms with van der Waals surface area (Å²) in [5.74, 6) is -0.116. The Morgan fingerprint density at radius 2 is 1.75 bits per heavy atom. The SMILES string of the molecule is Cc1cccc(OC(C)C(=O)Nc2ccccc2C(F)(F)F)c1C. The number of benzene rings is 2. The Morgan fingerprint density at radius 3 is 2.42 bits per heavy atom. The minimum atomic E-state index is -4.54. The number of alkyl halides is 3. The van der Waals surface area contributed by atoms with Crippen LogP contribution in [0.4, 0.5) is 18.9 Å². The predicted octanol–water partition coefficient (Wildman–Crippen LogP) is 4.73. The van der Waals surface area contributed by atoms with Crippen molar-refractivity contribution in [1.82, 2.24) is 0 Å². The molecular formula is C18H18F3NO2. The van der Waals surface area contributed by atoms with Crippen molar-refractivity contribution >= 4 is 11.6 Å². The quantitative estimate of drug-likeness (QED) is 0.876. The fourth-order valence-corrected chi connectivity index (χ4v) is 2.17. The number of carbonyl (C=O) groups excluding carboxylic acids is 1. The number of ether oxygens (including phenoxy) is 1. The van der Waals surface area contributed by atoms with Gasteiger partial charge in [0.25, 0.3) is 5.91 Å². The third-order valence-corrected chi connectivity index (χ3v) is 3.72. The number of para-hydroxylation sites is 1. The lowest BCUT2D eigenvalue weighted by atomic mass is 10.1. The van der Waals surface area contributed by atoms with Crippen LogP contribution in [0.2, 0.25) is 0 Å². The van der Waals surface area contributed by atoms with Gasteiger partial charge in [0.2, 0.25) is 0 Å². The number of halogens is 3. The molecule has 2 rings (SSSR count). The number of nitrogens with one attached hydrogen (secondary N) is 1. The fraction of sp³-hybridized carbons (Fsp3) is 0.278. The molecule has 0 spiro atoms. The van der Waals surface area contributed by atoms with Crippen molar-refractivity contribution < 1.29 is 22.7 Å². The molecule has 1 atom stereocenters. The van der Waals surface area contributed by atoms with E-state index >= 15 is 0 Å². The summed E-state index contributed by atoms with van der Waals surface area (Å²) in [5.41, 5.74) is 0.707. The van der Waals surface area contributed by atoms with Gasteiger partial charge in [0.15, 0.2) is 6.10 Å². The van der Waals surface area contributed by atoms with Crippen molar-refractivity contribution in [1.29, 1.82) is 0 Å². The molecule has 0 aliphatic heterocycles. The van der Waals surface area contributed by atoms with E-state index in [9.17, 15) is 18.0 Å². The van der Waals surface area contributed by atoms with Crippen LogP contribution in [0.5, 0.6) is 5.75 Å². The van der Waals surface area contributed by atoms with Gasteiger partial charge in [-0.05, 0) is 50.1 Å². The van der Waals surface area contributed by atoms with Crippen LogP contribution in [0.15, 0.2) is 42.5 Å². The van der Waals surface area contributed by atoms with Gasteiger partial charge in [-0.25, -0.2) is 0 Å². The van der Waals surface area contributed by atoms with Gasteiger partial charge in [-0.3, -0.25) is 4.79 Å². The summed E-state index contributed by atoms with van der Waals surface area (Å²) in [5, 5.41) is 2.29. The summed E-state index contributed by atoms with van der Waals surface area (Å²) in [6.07, 6.45) is -5.48. The van der Waals surface area contributed by atoms with Crippen LogP contribution in [-0.2, 0) is 11.0 Å². The second kappa shape index (κ2) is 6.95. The van der Waals surface area contributed by atoms with E-state index in [2.05, 4.69) is 5.32 Å².